The standard InChI is InChI=1S/C12H18ClN5O/c1-8-6-14-12(16-11(8)13)18-5-4-17(3)7-10(18)15-9(2)19/h6,10H,4-5,7H2,1-3H3,(H,15,19). The summed E-state index contributed by atoms with van der Waals surface area (Å²) in [5, 5.41) is 3.37. The van der Waals surface area contributed by atoms with Gasteiger partial charge in [0.2, 0.25) is 11.9 Å². The second-order valence-electron chi connectivity index (χ2n) is 4.82. The highest BCUT2D eigenvalue weighted by atomic mass is 35.5. The Labute approximate surface area is 117 Å². The first kappa shape index (κ1) is 14.0. The van der Waals surface area contributed by atoms with Crippen LogP contribution in [-0.4, -0.2) is 53.6 Å². The summed E-state index contributed by atoms with van der Waals surface area (Å²) in [7, 11) is 2.02. The van der Waals surface area contributed by atoms with Crippen LogP contribution in [0.5, 0.6) is 0 Å². The first-order valence-corrected chi connectivity index (χ1v) is 6.56. The summed E-state index contributed by atoms with van der Waals surface area (Å²) < 4.78 is 0. The molecule has 6 nitrogen and oxygen atoms in total. The van der Waals surface area contributed by atoms with Gasteiger partial charge in [-0.3, -0.25) is 4.79 Å². The Morgan fingerprint density at radius 3 is 2.89 bits per heavy atom. The molecule has 7 heteroatoms. The maximum absolute atomic E-state index is 11.3. The van der Waals surface area contributed by atoms with Crippen molar-refractivity contribution in [1.82, 2.24) is 20.2 Å². The molecular weight excluding hydrogens is 266 g/mol. The van der Waals surface area contributed by atoms with Crippen molar-refractivity contribution >= 4 is 23.5 Å². The Bertz CT molecular complexity index is 481. The van der Waals surface area contributed by atoms with Crippen LogP contribution in [0.25, 0.3) is 0 Å². The lowest BCUT2D eigenvalue weighted by molar-refractivity contribution is -0.119. The Balaban J connectivity index is 2.23. The maximum atomic E-state index is 11.3. The molecule has 0 spiro atoms. The van der Waals surface area contributed by atoms with Gasteiger partial charge in [0.1, 0.15) is 11.3 Å². The Kier molecular flexibility index (Phi) is 4.21. The maximum Gasteiger partial charge on any atom is 0.228 e. The van der Waals surface area contributed by atoms with Crippen LogP contribution in [0, 0.1) is 6.92 Å². The van der Waals surface area contributed by atoms with E-state index in [1.54, 1.807) is 6.20 Å². The lowest BCUT2D eigenvalue weighted by Gasteiger charge is -2.40. The van der Waals surface area contributed by atoms with E-state index in [2.05, 4.69) is 20.2 Å². The molecule has 0 aromatic carbocycles. The van der Waals surface area contributed by atoms with E-state index in [1.807, 2.05) is 18.9 Å². The van der Waals surface area contributed by atoms with Crippen LogP contribution in [0.2, 0.25) is 5.15 Å². The smallest absolute Gasteiger partial charge is 0.228 e. The molecule has 1 aromatic heterocycles. The summed E-state index contributed by atoms with van der Waals surface area (Å²) in [6.07, 6.45) is 1.57. The van der Waals surface area contributed by atoms with Gasteiger partial charge in [0.15, 0.2) is 0 Å². The van der Waals surface area contributed by atoms with E-state index in [4.69, 9.17) is 11.6 Å². The Hall–Kier alpha value is -1.40. The summed E-state index contributed by atoms with van der Waals surface area (Å²) in [6.45, 7) is 5.75. The van der Waals surface area contributed by atoms with E-state index < -0.39 is 0 Å². The first-order chi connectivity index (χ1) is 8.97. The number of amides is 1. The van der Waals surface area contributed by atoms with Crippen LogP contribution < -0.4 is 10.2 Å². The first-order valence-electron chi connectivity index (χ1n) is 6.19. The molecule has 1 fully saturated rings. The van der Waals surface area contributed by atoms with Gasteiger partial charge >= 0.3 is 0 Å². The van der Waals surface area contributed by atoms with Crippen molar-refractivity contribution in [2.45, 2.75) is 20.0 Å². The molecule has 1 saturated heterocycles. The third-order valence-electron chi connectivity index (χ3n) is 3.11. The normalized spacial score (nSPS) is 20.4. The van der Waals surface area contributed by atoms with Crippen molar-refractivity contribution in [2.24, 2.45) is 0 Å². The number of aryl methyl sites for hydroxylation is 1. The van der Waals surface area contributed by atoms with E-state index in [9.17, 15) is 4.79 Å². The largest absolute Gasteiger partial charge is 0.335 e. The molecule has 0 saturated carbocycles. The summed E-state index contributed by atoms with van der Waals surface area (Å²) in [4.78, 5) is 24.0. The van der Waals surface area contributed by atoms with E-state index in [-0.39, 0.29) is 12.1 Å². The van der Waals surface area contributed by atoms with Crippen LogP contribution in [0.3, 0.4) is 0 Å². The van der Waals surface area contributed by atoms with Crippen LogP contribution in [0.4, 0.5) is 5.95 Å². The second-order valence-corrected chi connectivity index (χ2v) is 5.17. The molecular formula is C12H18ClN5O. The number of aromatic nitrogens is 2. The SMILES string of the molecule is CC(=O)NC1CN(C)CCN1c1ncc(C)c(Cl)n1. The van der Waals surface area contributed by atoms with Crippen molar-refractivity contribution in [3.63, 3.8) is 0 Å². The fourth-order valence-corrected chi connectivity index (χ4v) is 2.19. The topological polar surface area (TPSA) is 61.4 Å². The zero-order valence-corrected chi connectivity index (χ0v) is 12.1. The number of piperazine rings is 1. The molecule has 19 heavy (non-hydrogen) atoms. The van der Waals surface area contributed by atoms with Gasteiger partial charge in [-0.25, -0.2) is 9.97 Å². The highest BCUT2D eigenvalue weighted by molar-refractivity contribution is 6.30. The molecule has 0 bridgehead atoms. The molecule has 1 amide bonds. The molecule has 1 unspecified atom stereocenters. The van der Waals surface area contributed by atoms with E-state index in [1.165, 1.54) is 6.92 Å². The predicted octanol–water partition coefficient (Wildman–Crippen LogP) is 0.652. The van der Waals surface area contributed by atoms with Crippen molar-refractivity contribution in [1.29, 1.82) is 0 Å². The minimum Gasteiger partial charge on any atom is -0.335 e. The van der Waals surface area contributed by atoms with Gasteiger partial charge in [0.05, 0.1) is 0 Å². The highest BCUT2D eigenvalue weighted by Gasteiger charge is 2.27. The van der Waals surface area contributed by atoms with Gasteiger partial charge in [-0.2, -0.15) is 0 Å². The molecule has 1 atom stereocenters. The number of carbonyl (C=O) groups is 1. The second kappa shape index (κ2) is 5.71. The van der Waals surface area contributed by atoms with Gasteiger partial charge in [-0.05, 0) is 14.0 Å². The molecule has 104 valence electrons. The van der Waals surface area contributed by atoms with Crippen molar-refractivity contribution in [2.75, 3.05) is 31.6 Å². The van der Waals surface area contributed by atoms with Crippen LogP contribution in [0.15, 0.2) is 6.20 Å². The zero-order chi connectivity index (χ0) is 14.0. The van der Waals surface area contributed by atoms with Gasteiger partial charge in [0.25, 0.3) is 0 Å². The lowest BCUT2D eigenvalue weighted by atomic mass is 10.3. The zero-order valence-electron chi connectivity index (χ0n) is 11.4. The lowest BCUT2D eigenvalue weighted by Crippen LogP contribution is -2.59. The van der Waals surface area contributed by atoms with Crippen molar-refractivity contribution in [3.05, 3.63) is 16.9 Å². The van der Waals surface area contributed by atoms with Crippen molar-refractivity contribution < 1.29 is 4.79 Å². The Morgan fingerprint density at radius 2 is 2.26 bits per heavy atom. The molecule has 1 aliphatic rings. The van der Waals surface area contributed by atoms with Crippen molar-refractivity contribution in [3.8, 4) is 0 Å². The number of nitrogens with one attached hydrogen (secondary N) is 1. The molecule has 1 aromatic rings. The third kappa shape index (κ3) is 3.33. The number of hydrogen-bond donors (Lipinski definition) is 1. The summed E-state index contributed by atoms with van der Waals surface area (Å²) in [5.74, 6) is 0.492. The number of halogens is 1. The number of likely N-dealkylation sites (N-methyl/N-ethyl adjacent to an activating group) is 1. The molecule has 2 heterocycles. The van der Waals surface area contributed by atoms with Gasteiger partial charge in [0, 0.05) is 38.3 Å². The number of hydrogen-bond acceptors (Lipinski definition) is 5. The summed E-state index contributed by atoms with van der Waals surface area (Å²) in [5.41, 5.74) is 0.843. The fourth-order valence-electron chi connectivity index (χ4n) is 2.07. The predicted molar refractivity (Wildman–Crippen MR) is 74.2 cm³/mol. The van der Waals surface area contributed by atoms with Gasteiger partial charge < -0.3 is 15.1 Å². The van der Waals surface area contributed by atoms with Gasteiger partial charge in [-0.15, -0.1) is 0 Å². The number of nitrogens with zero attached hydrogens (tertiary/aromatic N) is 4. The molecule has 1 N–H and O–H groups in total. The van der Waals surface area contributed by atoms with E-state index >= 15 is 0 Å². The molecule has 1 aliphatic heterocycles. The monoisotopic (exact) mass is 283 g/mol. The number of anilines is 1. The van der Waals surface area contributed by atoms with Crippen LogP contribution >= 0.6 is 11.6 Å². The average Bonchev–Trinajstić information content (AvgIpc) is 2.32. The minimum atomic E-state index is -0.130. The summed E-state index contributed by atoms with van der Waals surface area (Å²) >= 11 is 6.04. The third-order valence-corrected chi connectivity index (χ3v) is 3.49. The number of rotatable bonds is 2. The quantitative estimate of drug-likeness (QED) is 0.808. The summed E-state index contributed by atoms with van der Waals surface area (Å²) in [6, 6.07) is 0. The van der Waals surface area contributed by atoms with Gasteiger partial charge in [-0.1, -0.05) is 11.6 Å². The van der Waals surface area contributed by atoms with Crippen LogP contribution in [-0.2, 0) is 4.79 Å². The minimum absolute atomic E-state index is 0.0662. The molecule has 2 rings (SSSR count). The fraction of sp³-hybridized carbons (Fsp3) is 0.583. The van der Waals surface area contributed by atoms with E-state index in [0.717, 1.165) is 25.2 Å². The molecule has 0 aliphatic carbocycles. The average molecular weight is 284 g/mol. The number of carbonyl (C=O) groups excluding carboxylic acids is 1. The highest BCUT2D eigenvalue weighted by Crippen LogP contribution is 2.18. The van der Waals surface area contributed by atoms with E-state index in [0.29, 0.717) is 11.1 Å². The Morgan fingerprint density at radius 1 is 1.53 bits per heavy atom. The molecule has 0 radical (unpaired) electrons. The van der Waals surface area contributed by atoms with Crippen LogP contribution in [0.1, 0.15) is 12.5 Å².